The molecule has 0 aliphatic rings. The van der Waals surface area contributed by atoms with Crippen molar-refractivity contribution in [2.24, 2.45) is 0 Å². The van der Waals surface area contributed by atoms with Crippen LogP contribution >= 0.6 is 0 Å². The van der Waals surface area contributed by atoms with Gasteiger partial charge in [0.15, 0.2) is 5.58 Å². The largest absolute Gasteiger partial charge is 0.439 e. The molecule has 2 rings (SSSR count). The summed E-state index contributed by atoms with van der Waals surface area (Å²) in [4.78, 5) is 4.42. The van der Waals surface area contributed by atoms with Crippen LogP contribution in [0.1, 0.15) is 24.4 Å². The number of benzene rings is 1. The predicted octanol–water partition coefficient (Wildman–Crippen LogP) is 2.42. The van der Waals surface area contributed by atoms with Gasteiger partial charge in [0.2, 0.25) is 5.89 Å². The van der Waals surface area contributed by atoms with Gasteiger partial charge in [-0.1, -0.05) is 6.07 Å². The van der Waals surface area contributed by atoms with E-state index in [1.54, 1.807) is 0 Å². The molecule has 1 N–H and O–H groups in total. The molecule has 0 spiro atoms. The highest BCUT2D eigenvalue weighted by Gasteiger charge is 2.10. The Morgan fingerprint density at radius 2 is 2.21 bits per heavy atom. The molecule has 74 valence electrons. The number of aromatic nitrogens is 1. The number of hydrogen-bond acceptors (Lipinski definition) is 3. The Hall–Kier alpha value is -1.35. The van der Waals surface area contributed by atoms with Gasteiger partial charge in [0.1, 0.15) is 5.52 Å². The molecule has 1 aromatic heterocycles. The number of rotatable bonds is 2. The van der Waals surface area contributed by atoms with E-state index in [0.29, 0.717) is 0 Å². The minimum absolute atomic E-state index is 0.155. The van der Waals surface area contributed by atoms with Crippen LogP contribution in [0.3, 0.4) is 0 Å². The molecule has 2 aromatic rings. The van der Waals surface area contributed by atoms with Gasteiger partial charge in [0, 0.05) is 0 Å². The van der Waals surface area contributed by atoms with E-state index in [0.717, 1.165) is 17.0 Å². The van der Waals surface area contributed by atoms with Crippen LogP contribution in [0, 0.1) is 6.92 Å². The van der Waals surface area contributed by atoms with Gasteiger partial charge in [0.05, 0.1) is 6.04 Å². The fourth-order valence-electron chi connectivity index (χ4n) is 1.36. The Kier molecular flexibility index (Phi) is 2.25. The molecule has 0 fully saturated rings. The third kappa shape index (κ3) is 1.51. The second-order valence-electron chi connectivity index (χ2n) is 3.53. The molecule has 0 radical (unpaired) electrons. The molecular formula is C11H14N2O. The number of oxazole rings is 1. The van der Waals surface area contributed by atoms with Crippen LogP contribution in [0.15, 0.2) is 22.6 Å². The van der Waals surface area contributed by atoms with Crippen LogP contribution in [0.5, 0.6) is 0 Å². The van der Waals surface area contributed by atoms with Gasteiger partial charge < -0.3 is 9.73 Å². The Labute approximate surface area is 83.1 Å². The van der Waals surface area contributed by atoms with Crippen molar-refractivity contribution < 1.29 is 4.42 Å². The smallest absolute Gasteiger partial charge is 0.212 e. The van der Waals surface area contributed by atoms with Gasteiger partial charge >= 0.3 is 0 Å². The third-order valence-corrected chi connectivity index (χ3v) is 2.36. The number of nitrogens with one attached hydrogen (secondary N) is 1. The lowest BCUT2D eigenvalue weighted by atomic mass is 10.2. The van der Waals surface area contributed by atoms with E-state index in [-0.39, 0.29) is 6.04 Å². The summed E-state index contributed by atoms with van der Waals surface area (Å²) in [6, 6.07) is 6.18. The summed E-state index contributed by atoms with van der Waals surface area (Å²) in [6.45, 7) is 4.08. The fourth-order valence-corrected chi connectivity index (χ4v) is 1.36. The zero-order valence-electron chi connectivity index (χ0n) is 8.66. The number of hydrogen-bond donors (Lipinski definition) is 1. The molecule has 3 nitrogen and oxygen atoms in total. The summed E-state index contributed by atoms with van der Waals surface area (Å²) in [6.07, 6.45) is 0. The first-order chi connectivity index (χ1) is 6.70. The topological polar surface area (TPSA) is 38.1 Å². The minimum atomic E-state index is 0.155. The lowest BCUT2D eigenvalue weighted by molar-refractivity contribution is 0.456. The van der Waals surface area contributed by atoms with Crippen LogP contribution in [0.4, 0.5) is 0 Å². The van der Waals surface area contributed by atoms with Crippen LogP contribution in [0.25, 0.3) is 11.1 Å². The van der Waals surface area contributed by atoms with E-state index in [4.69, 9.17) is 4.42 Å². The molecule has 0 bridgehead atoms. The van der Waals surface area contributed by atoms with Crippen LogP contribution in [-0.4, -0.2) is 12.0 Å². The molecule has 0 aliphatic carbocycles. The van der Waals surface area contributed by atoms with E-state index in [9.17, 15) is 0 Å². The summed E-state index contributed by atoms with van der Waals surface area (Å²) < 4.78 is 5.60. The van der Waals surface area contributed by atoms with Crippen molar-refractivity contribution in [1.29, 1.82) is 0 Å². The van der Waals surface area contributed by atoms with Crippen molar-refractivity contribution in [2.45, 2.75) is 19.9 Å². The molecule has 0 aliphatic heterocycles. The monoisotopic (exact) mass is 190 g/mol. The summed E-state index contributed by atoms with van der Waals surface area (Å²) >= 11 is 0. The van der Waals surface area contributed by atoms with Crippen molar-refractivity contribution in [1.82, 2.24) is 10.3 Å². The maximum absolute atomic E-state index is 5.60. The molecule has 0 saturated heterocycles. The highest BCUT2D eigenvalue weighted by atomic mass is 16.3. The Morgan fingerprint density at radius 1 is 1.43 bits per heavy atom. The minimum Gasteiger partial charge on any atom is -0.439 e. The van der Waals surface area contributed by atoms with Gasteiger partial charge in [-0.3, -0.25) is 0 Å². The first-order valence-corrected chi connectivity index (χ1v) is 4.75. The second kappa shape index (κ2) is 3.42. The molecule has 0 amide bonds. The highest BCUT2D eigenvalue weighted by molar-refractivity contribution is 5.73. The number of aryl methyl sites for hydroxylation is 1. The predicted molar refractivity (Wildman–Crippen MR) is 56.2 cm³/mol. The molecule has 14 heavy (non-hydrogen) atoms. The Morgan fingerprint density at radius 3 is 2.93 bits per heavy atom. The van der Waals surface area contributed by atoms with Gasteiger partial charge in [-0.2, -0.15) is 0 Å². The maximum Gasteiger partial charge on any atom is 0.212 e. The first-order valence-electron chi connectivity index (χ1n) is 4.75. The van der Waals surface area contributed by atoms with Gasteiger partial charge in [-0.15, -0.1) is 0 Å². The van der Waals surface area contributed by atoms with Crippen molar-refractivity contribution in [3.63, 3.8) is 0 Å². The molecule has 1 atom stereocenters. The van der Waals surface area contributed by atoms with Gasteiger partial charge in [0.25, 0.3) is 0 Å². The molecular weight excluding hydrogens is 176 g/mol. The second-order valence-corrected chi connectivity index (χ2v) is 3.53. The third-order valence-electron chi connectivity index (χ3n) is 2.36. The van der Waals surface area contributed by atoms with Crippen molar-refractivity contribution in [2.75, 3.05) is 7.05 Å². The average Bonchev–Trinajstić information content (AvgIpc) is 2.59. The van der Waals surface area contributed by atoms with E-state index in [1.807, 2.05) is 32.2 Å². The maximum atomic E-state index is 5.60. The van der Waals surface area contributed by atoms with Crippen LogP contribution in [-0.2, 0) is 0 Å². The summed E-state index contributed by atoms with van der Waals surface area (Å²) in [5.41, 5.74) is 2.99. The lowest BCUT2D eigenvalue weighted by Gasteiger charge is -2.02. The van der Waals surface area contributed by atoms with E-state index < -0.39 is 0 Å². The normalized spacial score (nSPS) is 13.4. The molecule has 0 saturated carbocycles. The van der Waals surface area contributed by atoms with Crippen molar-refractivity contribution in [3.8, 4) is 0 Å². The molecule has 1 unspecified atom stereocenters. The lowest BCUT2D eigenvalue weighted by Crippen LogP contribution is -2.12. The summed E-state index contributed by atoms with van der Waals surface area (Å²) in [5, 5.41) is 3.10. The molecule has 1 aromatic carbocycles. The number of fused-ring (bicyclic) bond motifs is 1. The fraction of sp³-hybridized carbons (Fsp3) is 0.364. The highest BCUT2D eigenvalue weighted by Crippen LogP contribution is 2.20. The van der Waals surface area contributed by atoms with E-state index in [2.05, 4.69) is 17.2 Å². The average molecular weight is 190 g/mol. The van der Waals surface area contributed by atoms with Crippen molar-refractivity contribution >= 4 is 11.1 Å². The zero-order chi connectivity index (χ0) is 10.1. The Bertz CT molecular complexity index is 447. The van der Waals surface area contributed by atoms with Gasteiger partial charge in [-0.05, 0) is 38.6 Å². The molecule has 1 heterocycles. The molecule has 3 heteroatoms. The standard InChI is InChI=1S/C11H14N2O/c1-7-4-5-10-9(6-7)13-11(14-10)8(2)12-3/h4-6,8,12H,1-3H3. The SMILES string of the molecule is CNC(C)c1nc2cc(C)ccc2o1. The van der Waals surface area contributed by atoms with Gasteiger partial charge in [-0.25, -0.2) is 4.98 Å². The summed E-state index contributed by atoms with van der Waals surface area (Å²) in [7, 11) is 1.89. The summed E-state index contributed by atoms with van der Waals surface area (Å²) in [5.74, 6) is 0.744. The Balaban J connectivity index is 2.51. The van der Waals surface area contributed by atoms with Crippen molar-refractivity contribution in [3.05, 3.63) is 29.7 Å². The van der Waals surface area contributed by atoms with Crippen LogP contribution < -0.4 is 5.32 Å². The van der Waals surface area contributed by atoms with E-state index >= 15 is 0 Å². The number of nitrogens with zero attached hydrogens (tertiary/aromatic N) is 1. The van der Waals surface area contributed by atoms with E-state index in [1.165, 1.54) is 5.56 Å². The quantitative estimate of drug-likeness (QED) is 0.790. The zero-order valence-corrected chi connectivity index (χ0v) is 8.66. The van der Waals surface area contributed by atoms with Crippen LogP contribution in [0.2, 0.25) is 0 Å². The first kappa shape index (κ1) is 9.21.